The Hall–Kier alpha value is -1.01. The average molecular weight is 395 g/mol. The Morgan fingerprint density at radius 1 is 1.11 bits per heavy atom. The van der Waals surface area contributed by atoms with Crippen LogP contribution in [0.2, 0.25) is 0 Å². The van der Waals surface area contributed by atoms with Crippen molar-refractivity contribution in [3.63, 3.8) is 0 Å². The number of unbranched alkanes of at least 4 members (excludes halogenated alkanes) is 1. The van der Waals surface area contributed by atoms with Crippen LogP contribution in [0, 0.1) is 11.7 Å². The molecule has 0 aliphatic carbocycles. The second kappa shape index (κ2) is 9.66. The highest BCUT2D eigenvalue weighted by Gasteiger charge is 2.57. The fourth-order valence-electron chi connectivity index (χ4n) is 4.24. The van der Waals surface area contributed by atoms with Gasteiger partial charge in [0.15, 0.2) is 12.1 Å². The molecule has 1 aromatic rings. The highest BCUT2D eigenvalue weighted by molar-refractivity contribution is 5.16. The molecule has 0 spiro atoms. The first-order valence-electron chi connectivity index (χ1n) is 10.8. The minimum absolute atomic E-state index is 0.104. The van der Waals surface area contributed by atoms with E-state index >= 15 is 0 Å². The second-order valence-electron chi connectivity index (χ2n) is 8.50. The third-order valence-corrected chi connectivity index (χ3v) is 5.58. The number of hydrogen-bond donors (Lipinski definition) is 0. The lowest BCUT2D eigenvalue weighted by molar-refractivity contribution is -0.244. The van der Waals surface area contributed by atoms with E-state index in [1.807, 2.05) is 6.07 Å². The summed E-state index contributed by atoms with van der Waals surface area (Å²) in [4.78, 5) is 0. The summed E-state index contributed by atoms with van der Waals surface area (Å²) in [6.07, 6.45) is 4.67. The number of hydrogen-bond acceptors (Lipinski definition) is 4. The molecule has 1 unspecified atom stereocenters. The standard InChI is InChI=1S/C23H35FO4/c1-5-7-13-23(12-6-2)27-21-20(19(14-16(3)4)26-22(21)28-23)25-15-17-10-8-9-11-18(17)24/h8-11,16,19-22H,5-7,12-15H2,1-4H3/t19-,20+,21-,22-,23?/m1/s1. The zero-order valence-corrected chi connectivity index (χ0v) is 17.7. The van der Waals surface area contributed by atoms with Gasteiger partial charge in [0, 0.05) is 18.4 Å². The minimum Gasteiger partial charge on any atom is -0.368 e. The van der Waals surface area contributed by atoms with Crippen LogP contribution in [-0.4, -0.2) is 30.4 Å². The third-order valence-electron chi connectivity index (χ3n) is 5.58. The summed E-state index contributed by atoms with van der Waals surface area (Å²) in [5.41, 5.74) is 0.555. The Morgan fingerprint density at radius 3 is 2.57 bits per heavy atom. The molecule has 5 atom stereocenters. The van der Waals surface area contributed by atoms with Crippen molar-refractivity contribution < 1.29 is 23.3 Å². The first-order chi connectivity index (χ1) is 13.5. The van der Waals surface area contributed by atoms with Crippen LogP contribution in [-0.2, 0) is 25.6 Å². The van der Waals surface area contributed by atoms with Gasteiger partial charge in [0.1, 0.15) is 18.0 Å². The monoisotopic (exact) mass is 394 g/mol. The van der Waals surface area contributed by atoms with E-state index in [0.29, 0.717) is 11.5 Å². The van der Waals surface area contributed by atoms with Gasteiger partial charge in [-0.3, -0.25) is 0 Å². The highest BCUT2D eigenvalue weighted by atomic mass is 19.1. The van der Waals surface area contributed by atoms with Gasteiger partial charge in [-0.1, -0.05) is 58.7 Å². The average Bonchev–Trinajstić information content (AvgIpc) is 3.13. The molecule has 28 heavy (non-hydrogen) atoms. The lowest BCUT2D eigenvalue weighted by Gasteiger charge is -2.31. The van der Waals surface area contributed by atoms with Crippen LogP contribution in [0.4, 0.5) is 4.39 Å². The van der Waals surface area contributed by atoms with Gasteiger partial charge in [0.2, 0.25) is 0 Å². The van der Waals surface area contributed by atoms with Crippen molar-refractivity contribution in [1.29, 1.82) is 0 Å². The fourth-order valence-corrected chi connectivity index (χ4v) is 4.24. The van der Waals surface area contributed by atoms with Crippen molar-refractivity contribution >= 4 is 0 Å². The van der Waals surface area contributed by atoms with Gasteiger partial charge in [0.05, 0.1) is 12.7 Å². The molecule has 5 heteroatoms. The van der Waals surface area contributed by atoms with E-state index in [-0.39, 0.29) is 30.7 Å². The smallest absolute Gasteiger partial charge is 0.190 e. The Bertz CT molecular complexity index is 622. The van der Waals surface area contributed by atoms with Crippen LogP contribution in [0.5, 0.6) is 0 Å². The van der Waals surface area contributed by atoms with Crippen LogP contribution < -0.4 is 0 Å². The Balaban J connectivity index is 1.73. The van der Waals surface area contributed by atoms with Crippen LogP contribution in [0.25, 0.3) is 0 Å². The summed E-state index contributed by atoms with van der Waals surface area (Å²) in [7, 11) is 0. The van der Waals surface area contributed by atoms with E-state index in [1.54, 1.807) is 12.1 Å². The lowest BCUT2D eigenvalue weighted by Crippen LogP contribution is -2.39. The number of halogens is 1. The van der Waals surface area contributed by atoms with Crippen LogP contribution in [0.3, 0.4) is 0 Å². The molecule has 0 radical (unpaired) electrons. The molecule has 0 saturated carbocycles. The summed E-state index contributed by atoms with van der Waals surface area (Å²) in [5.74, 6) is -0.364. The van der Waals surface area contributed by atoms with Crippen molar-refractivity contribution in [2.45, 2.75) is 103 Å². The zero-order valence-electron chi connectivity index (χ0n) is 17.7. The van der Waals surface area contributed by atoms with E-state index < -0.39 is 12.1 Å². The molecule has 4 nitrogen and oxygen atoms in total. The number of ether oxygens (including phenoxy) is 4. The molecule has 2 aliphatic rings. The molecular weight excluding hydrogens is 359 g/mol. The number of fused-ring (bicyclic) bond motifs is 1. The molecule has 1 aromatic carbocycles. The molecule has 2 heterocycles. The van der Waals surface area contributed by atoms with E-state index in [1.165, 1.54) is 6.07 Å². The molecular formula is C23H35FO4. The Labute approximate surface area is 168 Å². The summed E-state index contributed by atoms with van der Waals surface area (Å²) in [5, 5.41) is 0. The topological polar surface area (TPSA) is 36.9 Å². The maximum Gasteiger partial charge on any atom is 0.190 e. The predicted octanol–water partition coefficient (Wildman–Crippen LogP) is 5.58. The number of benzene rings is 1. The van der Waals surface area contributed by atoms with E-state index in [4.69, 9.17) is 18.9 Å². The van der Waals surface area contributed by atoms with Gasteiger partial charge in [-0.15, -0.1) is 0 Å². The van der Waals surface area contributed by atoms with Crippen molar-refractivity contribution in [1.82, 2.24) is 0 Å². The predicted molar refractivity (Wildman–Crippen MR) is 106 cm³/mol. The molecule has 0 N–H and O–H groups in total. The quantitative estimate of drug-likeness (QED) is 0.519. The van der Waals surface area contributed by atoms with Crippen molar-refractivity contribution in [2.75, 3.05) is 0 Å². The van der Waals surface area contributed by atoms with Crippen molar-refractivity contribution in [3.05, 3.63) is 35.6 Å². The summed E-state index contributed by atoms with van der Waals surface area (Å²) >= 11 is 0. The molecule has 2 fully saturated rings. The van der Waals surface area contributed by atoms with Crippen LogP contribution in [0.1, 0.15) is 71.8 Å². The van der Waals surface area contributed by atoms with Gasteiger partial charge in [0.25, 0.3) is 0 Å². The molecule has 3 rings (SSSR count). The first kappa shape index (κ1) is 21.7. The Morgan fingerprint density at radius 2 is 1.89 bits per heavy atom. The SMILES string of the molecule is CCCCC1(CCC)O[C@H]2O[C@H](CC(C)C)[C@H](OCc3ccccc3F)[C@H]2O1. The van der Waals surface area contributed by atoms with E-state index in [2.05, 4.69) is 27.7 Å². The maximum atomic E-state index is 14.0. The van der Waals surface area contributed by atoms with Gasteiger partial charge in [-0.2, -0.15) is 0 Å². The third kappa shape index (κ3) is 4.93. The molecule has 2 aliphatic heterocycles. The minimum atomic E-state index is -0.581. The van der Waals surface area contributed by atoms with E-state index in [0.717, 1.165) is 38.5 Å². The van der Waals surface area contributed by atoms with Gasteiger partial charge < -0.3 is 18.9 Å². The molecule has 0 aromatic heterocycles. The lowest BCUT2D eigenvalue weighted by atomic mass is 10.00. The van der Waals surface area contributed by atoms with E-state index in [9.17, 15) is 4.39 Å². The first-order valence-corrected chi connectivity index (χ1v) is 10.8. The van der Waals surface area contributed by atoms with Gasteiger partial charge >= 0.3 is 0 Å². The summed E-state index contributed by atoms with van der Waals surface area (Å²) in [6, 6.07) is 6.74. The second-order valence-corrected chi connectivity index (χ2v) is 8.50. The molecule has 2 saturated heterocycles. The van der Waals surface area contributed by atoms with Gasteiger partial charge in [-0.05, 0) is 24.8 Å². The molecule has 0 bridgehead atoms. The summed E-state index contributed by atoms with van der Waals surface area (Å²) < 4.78 is 39.3. The summed E-state index contributed by atoms with van der Waals surface area (Å²) in [6.45, 7) is 8.84. The van der Waals surface area contributed by atoms with Crippen molar-refractivity contribution in [3.8, 4) is 0 Å². The van der Waals surface area contributed by atoms with Crippen LogP contribution in [0.15, 0.2) is 24.3 Å². The van der Waals surface area contributed by atoms with Crippen LogP contribution >= 0.6 is 0 Å². The number of rotatable bonds is 10. The Kier molecular flexibility index (Phi) is 7.48. The van der Waals surface area contributed by atoms with Crippen molar-refractivity contribution in [2.24, 2.45) is 5.92 Å². The van der Waals surface area contributed by atoms with Gasteiger partial charge in [-0.25, -0.2) is 4.39 Å². The largest absolute Gasteiger partial charge is 0.368 e. The maximum absolute atomic E-state index is 14.0. The zero-order chi connectivity index (χ0) is 20.1. The molecule has 158 valence electrons. The highest BCUT2D eigenvalue weighted by Crippen LogP contribution is 2.44. The normalized spacial score (nSPS) is 32.2. The fraction of sp³-hybridized carbons (Fsp3) is 0.739. The molecule has 0 amide bonds.